The molecule has 1 aromatic heterocycles. The predicted molar refractivity (Wildman–Crippen MR) is 106 cm³/mol. The summed E-state index contributed by atoms with van der Waals surface area (Å²) in [6.45, 7) is 2.02. The highest BCUT2D eigenvalue weighted by atomic mass is 16.2. The molecular formula is C22H26N4O2. The molecule has 6 nitrogen and oxygen atoms in total. The molecule has 2 aromatic rings. The van der Waals surface area contributed by atoms with Crippen LogP contribution in [-0.4, -0.2) is 40.5 Å². The van der Waals surface area contributed by atoms with Gasteiger partial charge < -0.3 is 10.6 Å². The van der Waals surface area contributed by atoms with E-state index in [0.717, 1.165) is 37.9 Å². The Morgan fingerprint density at radius 3 is 2.50 bits per heavy atom. The first-order chi connectivity index (χ1) is 13.7. The van der Waals surface area contributed by atoms with Gasteiger partial charge in [0.25, 0.3) is 5.91 Å². The second kappa shape index (κ2) is 8.10. The van der Waals surface area contributed by atoms with Crippen LogP contribution in [0, 0.1) is 5.92 Å². The van der Waals surface area contributed by atoms with Gasteiger partial charge in [-0.3, -0.25) is 14.7 Å². The summed E-state index contributed by atoms with van der Waals surface area (Å²) >= 11 is 0. The fraction of sp³-hybridized carbons (Fsp3) is 0.409. The Kier molecular flexibility index (Phi) is 5.39. The second-order valence-corrected chi connectivity index (χ2v) is 7.66. The van der Waals surface area contributed by atoms with Crippen molar-refractivity contribution in [1.82, 2.24) is 20.5 Å². The van der Waals surface area contributed by atoms with Crippen LogP contribution in [0.1, 0.15) is 30.4 Å². The second-order valence-electron chi connectivity index (χ2n) is 7.66. The first-order valence-corrected chi connectivity index (χ1v) is 9.97. The number of urea groups is 1. The number of hydrogen-bond acceptors (Lipinski definition) is 4. The molecular weight excluding hydrogens is 352 g/mol. The molecule has 0 spiro atoms. The number of pyridine rings is 1. The van der Waals surface area contributed by atoms with Gasteiger partial charge in [-0.25, -0.2) is 4.79 Å². The van der Waals surface area contributed by atoms with Crippen molar-refractivity contribution in [3.05, 3.63) is 66.0 Å². The van der Waals surface area contributed by atoms with Crippen molar-refractivity contribution < 1.29 is 9.59 Å². The molecule has 3 heterocycles. The van der Waals surface area contributed by atoms with Crippen molar-refractivity contribution in [2.75, 3.05) is 13.1 Å². The van der Waals surface area contributed by atoms with Crippen molar-refractivity contribution >= 4 is 11.9 Å². The van der Waals surface area contributed by atoms with Crippen molar-refractivity contribution in [2.45, 2.75) is 37.8 Å². The molecule has 0 bridgehead atoms. The number of nitrogens with one attached hydrogen (secondary N) is 2. The van der Waals surface area contributed by atoms with E-state index in [1.165, 1.54) is 10.5 Å². The van der Waals surface area contributed by atoms with Crippen LogP contribution in [0.2, 0.25) is 0 Å². The Hall–Kier alpha value is -2.73. The molecule has 1 atom stereocenters. The predicted octanol–water partition coefficient (Wildman–Crippen LogP) is 2.50. The summed E-state index contributed by atoms with van der Waals surface area (Å²) in [5, 5.41) is 6.48. The van der Waals surface area contributed by atoms with E-state index in [2.05, 4.69) is 27.8 Å². The fourth-order valence-corrected chi connectivity index (χ4v) is 4.41. The van der Waals surface area contributed by atoms with Gasteiger partial charge in [0, 0.05) is 12.4 Å². The van der Waals surface area contributed by atoms with Crippen LogP contribution in [0.5, 0.6) is 0 Å². The van der Waals surface area contributed by atoms with Gasteiger partial charge in [0.2, 0.25) is 0 Å². The minimum Gasteiger partial charge on any atom is -0.323 e. The third kappa shape index (κ3) is 3.64. The molecule has 4 rings (SSSR count). The van der Waals surface area contributed by atoms with E-state index in [9.17, 15) is 9.59 Å². The zero-order chi connectivity index (χ0) is 19.4. The Labute approximate surface area is 165 Å². The summed E-state index contributed by atoms with van der Waals surface area (Å²) in [5.74, 6) is 0.0528. The van der Waals surface area contributed by atoms with E-state index >= 15 is 0 Å². The monoisotopic (exact) mass is 378 g/mol. The lowest BCUT2D eigenvalue weighted by atomic mass is 9.74. The molecule has 146 valence electrons. The van der Waals surface area contributed by atoms with E-state index in [4.69, 9.17) is 0 Å². The quantitative estimate of drug-likeness (QED) is 0.758. The molecule has 1 unspecified atom stereocenters. The number of amides is 3. The van der Waals surface area contributed by atoms with E-state index < -0.39 is 5.54 Å². The summed E-state index contributed by atoms with van der Waals surface area (Å²) in [7, 11) is 0. The molecule has 2 aliphatic rings. The Balaban J connectivity index is 1.59. The molecule has 1 aromatic carbocycles. The first kappa shape index (κ1) is 18.6. The van der Waals surface area contributed by atoms with Gasteiger partial charge in [0.1, 0.15) is 5.54 Å². The van der Waals surface area contributed by atoms with Crippen LogP contribution in [-0.2, 0) is 17.8 Å². The fourth-order valence-electron chi connectivity index (χ4n) is 4.41. The number of piperidine rings is 1. The molecule has 0 radical (unpaired) electrons. The zero-order valence-corrected chi connectivity index (χ0v) is 15.9. The minimum absolute atomic E-state index is 0.0933. The van der Waals surface area contributed by atoms with Gasteiger partial charge in [-0.2, -0.15) is 0 Å². The van der Waals surface area contributed by atoms with E-state index in [-0.39, 0.29) is 24.4 Å². The number of benzene rings is 1. The average Bonchev–Trinajstić information content (AvgIpc) is 2.99. The Morgan fingerprint density at radius 2 is 1.79 bits per heavy atom. The number of carbonyl (C=O) groups excluding carboxylic acids is 2. The highest BCUT2D eigenvalue weighted by Gasteiger charge is 2.55. The molecule has 2 N–H and O–H groups in total. The number of hydrogen-bond donors (Lipinski definition) is 2. The summed E-state index contributed by atoms with van der Waals surface area (Å²) in [4.78, 5) is 31.8. The van der Waals surface area contributed by atoms with Crippen LogP contribution >= 0.6 is 0 Å². The maximum Gasteiger partial charge on any atom is 0.325 e. The van der Waals surface area contributed by atoms with Gasteiger partial charge in [-0.1, -0.05) is 36.4 Å². The Morgan fingerprint density at radius 1 is 1.04 bits per heavy atom. The molecule has 28 heavy (non-hydrogen) atoms. The van der Waals surface area contributed by atoms with Gasteiger partial charge in [0.15, 0.2) is 0 Å². The average molecular weight is 378 g/mol. The highest BCUT2D eigenvalue weighted by molar-refractivity contribution is 6.07. The number of imide groups is 1. The lowest BCUT2D eigenvalue weighted by Gasteiger charge is -2.38. The van der Waals surface area contributed by atoms with Gasteiger partial charge >= 0.3 is 6.03 Å². The molecule has 0 saturated carbocycles. The maximum absolute atomic E-state index is 13.6. The lowest BCUT2D eigenvalue weighted by Crippen LogP contribution is -2.56. The van der Waals surface area contributed by atoms with Crippen LogP contribution in [0.3, 0.4) is 0 Å². The number of carbonyl (C=O) groups is 2. The van der Waals surface area contributed by atoms with Gasteiger partial charge in [-0.15, -0.1) is 0 Å². The number of aryl methyl sites for hydroxylation is 1. The van der Waals surface area contributed by atoms with E-state index in [1.807, 2.05) is 30.3 Å². The summed E-state index contributed by atoms with van der Waals surface area (Å²) in [6.07, 6.45) is 6.56. The van der Waals surface area contributed by atoms with Crippen molar-refractivity contribution in [3.63, 3.8) is 0 Å². The van der Waals surface area contributed by atoms with Gasteiger partial charge in [-0.05, 0) is 61.9 Å². The molecule has 2 saturated heterocycles. The number of rotatable bonds is 6. The largest absolute Gasteiger partial charge is 0.325 e. The summed E-state index contributed by atoms with van der Waals surface area (Å²) in [5.41, 5.74) is 1.22. The topological polar surface area (TPSA) is 74.3 Å². The Bertz CT molecular complexity index is 821. The minimum atomic E-state index is -0.822. The van der Waals surface area contributed by atoms with Crippen molar-refractivity contribution in [3.8, 4) is 0 Å². The number of nitrogens with zero attached hydrogens (tertiary/aromatic N) is 2. The SMILES string of the molecule is O=C1NC(CCc2ccccc2)(C2CCNCC2)C(=O)N1Cc1cccnc1. The molecule has 2 aliphatic heterocycles. The zero-order valence-electron chi connectivity index (χ0n) is 15.9. The van der Waals surface area contributed by atoms with Crippen LogP contribution in [0.25, 0.3) is 0 Å². The molecule has 6 heteroatoms. The van der Waals surface area contributed by atoms with Crippen LogP contribution in [0.15, 0.2) is 54.9 Å². The molecule has 2 fully saturated rings. The summed E-state index contributed by atoms with van der Waals surface area (Å²) in [6, 6.07) is 13.6. The molecule has 0 aliphatic carbocycles. The van der Waals surface area contributed by atoms with Gasteiger partial charge in [0.05, 0.1) is 6.54 Å². The summed E-state index contributed by atoms with van der Waals surface area (Å²) < 4.78 is 0. The van der Waals surface area contributed by atoms with Crippen molar-refractivity contribution in [1.29, 1.82) is 0 Å². The van der Waals surface area contributed by atoms with Crippen LogP contribution < -0.4 is 10.6 Å². The normalized spacial score (nSPS) is 23.1. The van der Waals surface area contributed by atoms with Crippen LogP contribution in [0.4, 0.5) is 4.79 Å². The highest BCUT2D eigenvalue weighted by Crippen LogP contribution is 2.36. The lowest BCUT2D eigenvalue weighted by molar-refractivity contribution is -0.134. The van der Waals surface area contributed by atoms with Crippen molar-refractivity contribution in [2.24, 2.45) is 5.92 Å². The maximum atomic E-state index is 13.6. The first-order valence-electron chi connectivity index (χ1n) is 9.97. The smallest absolute Gasteiger partial charge is 0.323 e. The third-order valence-corrected chi connectivity index (χ3v) is 5.95. The van der Waals surface area contributed by atoms with E-state index in [0.29, 0.717) is 6.42 Å². The molecule has 3 amide bonds. The third-order valence-electron chi connectivity index (χ3n) is 5.95. The number of aromatic nitrogens is 1. The standard InChI is InChI=1S/C22H26N4O2/c27-20-22(19-9-13-23-14-10-19,11-8-17-5-2-1-3-6-17)25-21(28)26(20)16-18-7-4-12-24-15-18/h1-7,12,15,19,23H,8-11,13-14,16H2,(H,25,28). The van der Waals surface area contributed by atoms with E-state index in [1.54, 1.807) is 12.4 Å².